The number of carbonyl (C=O) groups is 2. The number of amides is 1. The Balaban J connectivity index is 1.68. The van der Waals surface area contributed by atoms with E-state index in [0.717, 1.165) is 17.5 Å². The van der Waals surface area contributed by atoms with Crippen molar-refractivity contribution in [1.29, 1.82) is 0 Å². The van der Waals surface area contributed by atoms with Gasteiger partial charge in [-0.05, 0) is 54.8 Å². The topological polar surface area (TPSA) is 65.1 Å². The van der Waals surface area contributed by atoms with E-state index in [-0.39, 0.29) is 24.8 Å². The standard InChI is InChI=1S/C25H26ClNO5S2/c1-3-13-31-23(28)11-12-27-24(29)22(34-25(27)33)15-18-7-10-20(21(14-18)30-4-2)32-16-17-5-8-19(26)9-6-17/h5-10,14-15H,3-4,11-13,16H2,1-2H3/b22-15-. The van der Waals surface area contributed by atoms with Gasteiger partial charge in [-0.15, -0.1) is 0 Å². The number of thiocarbonyl (C=S) groups is 1. The number of rotatable bonds is 11. The monoisotopic (exact) mass is 519 g/mol. The zero-order valence-corrected chi connectivity index (χ0v) is 21.4. The number of nitrogens with zero attached hydrogens (tertiary/aromatic N) is 1. The third-order valence-corrected chi connectivity index (χ3v) is 6.38. The molecule has 3 rings (SSSR count). The quantitative estimate of drug-likeness (QED) is 0.209. The first kappa shape index (κ1) is 26.1. The summed E-state index contributed by atoms with van der Waals surface area (Å²) in [6, 6.07) is 12.9. The van der Waals surface area contributed by atoms with Gasteiger partial charge in [0.05, 0.1) is 24.5 Å². The highest BCUT2D eigenvalue weighted by Gasteiger charge is 2.32. The number of benzene rings is 2. The molecule has 0 atom stereocenters. The van der Waals surface area contributed by atoms with Crippen molar-refractivity contribution in [2.75, 3.05) is 19.8 Å². The second kappa shape index (κ2) is 12.8. The normalized spacial score (nSPS) is 14.6. The zero-order valence-electron chi connectivity index (χ0n) is 19.0. The van der Waals surface area contributed by atoms with E-state index in [0.29, 0.717) is 45.6 Å². The zero-order chi connectivity index (χ0) is 24.5. The fraction of sp³-hybridized carbons (Fsp3) is 0.320. The van der Waals surface area contributed by atoms with E-state index in [4.69, 9.17) is 38.0 Å². The molecular weight excluding hydrogens is 494 g/mol. The number of thioether (sulfide) groups is 1. The van der Waals surface area contributed by atoms with Gasteiger partial charge in [0.1, 0.15) is 10.9 Å². The Hall–Kier alpha value is -2.55. The lowest BCUT2D eigenvalue weighted by atomic mass is 10.1. The lowest BCUT2D eigenvalue weighted by Gasteiger charge is -2.14. The Bertz CT molecular complexity index is 1070. The predicted octanol–water partition coefficient (Wildman–Crippen LogP) is 5.86. The highest BCUT2D eigenvalue weighted by molar-refractivity contribution is 8.26. The molecule has 2 aromatic carbocycles. The Morgan fingerprint density at radius 2 is 1.88 bits per heavy atom. The van der Waals surface area contributed by atoms with E-state index in [1.807, 2.05) is 56.3 Å². The number of esters is 1. The highest BCUT2D eigenvalue weighted by Crippen LogP contribution is 2.35. The SMILES string of the molecule is CCCOC(=O)CCN1C(=O)/C(=C/c2ccc(OCc3ccc(Cl)cc3)c(OCC)c2)SC1=S. The summed E-state index contributed by atoms with van der Waals surface area (Å²) in [6.07, 6.45) is 2.62. The summed E-state index contributed by atoms with van der Waals surface area (Å²) >= 11 is 12.5. The summed E-state index contributed by atoms with van der Waals surface area (Å²) in [6.45, 7) is 5.24. The van der Waals surface area contributed by atoms with Crippen LogP contribution in [0.3, 0.4) is 0 Å². The van der Waals surface area contributed by atoms with Gasteiger partial charge < -0.3 is 14.2 Å². The van der Waals surface area contributed by atoms with Crippen LogP contribution in [-0.4, -0.2) is 40.9 Å². The van der Waals surface area contributed by atoms with Gasteiger partial charge in [-0.2, -0.15) is 0 Å². The number of ether oxygens (including phenoxy) is 3. The van der Waals surface area contributed by atoms with Crippen LogP contribution in [0.4, 0.5) is 0 Å². The summed E-state index contributed by atoms with van der Waals surface area (Å²) < 4.78 is 17.2. The Morgan fingerprint density at radius 1 is 1.12 bits per heavy atom. The summed E-state index contributed by atoms with van der Waals surface area (Å²) in [5.74, 6) is 0.626. The molecule has 1 fully saturated rings. The minimum atomic E-state index is -0.338. The van der Waals surface area contributed by atoms with Crippen molar-refractivity contribution in [2.24, 2.45) is 0 Å². The van der Waals surface area contributed by atoms with Crippen molar-refractivity contribution in [2.45, 2.75) is 33.3 Å². The molecule has 0 unspecified atom stereocenters. The second-order valence-electron chi connectivity index (χ2n) is 7.36. The third kappa shape index (κ3) is 7.22. The van der Waals surface area contributed by atoms with E-state index < -0.39 is 0 Å². The fourth-order valence-corrected chi connectivity index (χ4v) is 4.51. The first-order chi connectivity index (χ1) is 16.4. The van der Waals surface area contributed by atoms with Crippen molar-refractivity contribution in [3.05, 3.63) is 63.5 Å². The molecule has 1 aliphatic heterocycles. The molecule has 0 aliphatic carbocycles. The first-order valence-corrected chi connectivity index (χ1v) is 12.6. The van der Waals surface area contributed by atoms with Gasteiger partial charge in [0.25, 0.3) is 5.91 Å². The average molecular weight is 520 g/mol. The van der Waals surface area contributed by atoms with Crippen LogP contribution < -0.4 is 9.47 Å². The van der Waals surface area contributed by atoms with Crippen LogP contribution in [0.1, 0.15) is 37.8 Å². The molecule has 34 heavy (non-hydrogen) atoms. The number of hydrogen-bond donors (Lipinski definition) is 0. The molecule has 0 bridgehead atoms. The summed E-state index contributed by atoms with van der Waals surface area (Å²) in [5.41, 5.74) is 1.77. The summed E-state index contributed by atoms with van der Waals surface area (Å²) in [4.78, 5) is 26.5. The van der Waals surface area contributed by atoms with Crippen LogP contribution in [0.15, 0.2) is 47.4 Å². The third-order valence-electron chi connectivity index (χ3n) is 4.75. The highest BCUT2D eigenvalue weighted by atomic mass is 35.5. The van der Waals surface area contributed by atoms with Gasteiger partial charge in [-0.3, -0.25) is 14.5 Å². The molecule has 1 heterocycles. The molecule has 2 aromatic rings. The van der Waals surface area contributed by atoms with Crippen LogP contribution in [0.2, 0.25) is 5.02 Å². The maximum atomic E-state index is 12.8. The van der Waals surface area contributed by atoms with E-state index >= 15 is 0 Å². The number of carbonyl (C=O) groups excluding carboxylic acids is 2. The minimum Gasteiger partial charge on any atom is -0.490 e. The lowest BCUT2D eigenvalue weighted by molar-refractivity contribution is -0.143. The molecule has 1 amide bonds. The fourth-order valence-electron chi connectivity index (χ4n) is 3.08. The Labute approximate surface area is 214 Å². The van der Waals surface area contributed by atoms with Crippen molar-refractivity contribution in [1.82, 2.24) is 4.90 Å². The molecule has 1 aliphatic rings. The number of halogens is 1. The Morgan fingerprint density at radius 3 is 2.59 bits per heavy atom. The maximum Gasteiger partial charge on any atom is 0.307 e. The summed E-state index contributed by atoms with van der Waals surface area (Å²) in [5, 5.41) is 0.671. The molecule has 0 N–H and O–H groups in total. The molecule has 0 spiro atoms. The van der Waals surface area contributed by atoms with Crippen LogP contribution in [0.25, 0.3) is 6.08 Å². The lowest BCUT2D eigenvalue weighted by Crippen LogP contribution is -2.30. The van der Waals surface area contributed by atoms with Crippen LogP contribution in [0, 0.1) is 0 Å². The van der Waals surface area contributed by atoms with Gasteiger partial charge in [0.2, 0.25) is 0 Å². The smallest absolute Gasteiger partial charge is 0.307 e. The minimum absolute atomic E-state index is 0.105. The van der Waals surface area contributed by atoms with E-state index in [1.165, 1.54) is 16.7 Å². The molecule has 6 nitrogen and oxygen atoms in total. The van der Waals surface area contributed by atoms with Crippen molar-refractivity contribution in [3.63, 3.8) is 0 Å². The molecule has 0 saturated carbocycles. The van der Waals surface area contributed by atoms with Crippen molar-refractivity contribution >= 4 is 57.9 Å². The van der Waals surface area contributed by atoms with E-state index in [2.05, 4.69) is 0 Å². The van der Waals surface area contributed by atoms with Gasteiger partial charge >= 0.3 is 5.97 Å². The van der Waals surface area contributed by atoms with Crippen LogP contribution in [-0.2, 0) is 20.9 Å². The van der Waals surface area contributed by atoms with E-state index in [1.54, 1.807) is 6.08 Å². The van der Waals surface area contributed by atoms with Crippen molar-refractivity contribution < 1.29 is 23.8 Å². The molecule has 0 aromatic heterocycles. The molecular formula is C25H26ClNO5S2. The predicted molar refractivity (Wildman–Crippen MR) is 139 cm³/mol. The van der Waals surface area contributed by atoms with Crippen LogP contribution in [0.5, 0.6) is 11.5 Å². The first-order valence-electron chi connectivity index (χ1n) is 11.0. The summed E-state index contributed by atoms with van der Waals surface area (Å²) in [7, 11) is 0. The largest absolute Gasteiger partial charge is 0.490 e. The van der Waals surface area contributed by atoms with Gasteiger partial charge in [0.15, 0.2) is 11.5 Å². The maximum absolute atomic E-state index is 12.8. The van der Waals surface area contributed by atoms with Crippen LogP contribution >= 0.6 is 35.6 Å². The molecule has 1 saturated heterocycles. The van der Waals surface area contributed by atoms with Gasteiger partial charge in [-0.25, -0.2) is 0 Å². The van der Waals surface area contributed by atoms with Gasteiger partial charge in [0, 0.05) is 11.6 Å². The Kier molecular flexibility index (Phi) is 9.80. The molecule has 0 radical (unpaired) electrons. The number of hydrogen-bond acceptors (Lipinski definition) is 7. The van der Waals surface area contributed by atoms with Crippen molar-refractivity contribution in [3.8, 4) is 11.5 Å². The van der Waals surface area contributed by atoms with E-state index in [9.17, 15) is 9.59 Å². The second-order valence-corrected chi connectivity index (χ2v) is 9.47. The molecule has 180 valence electrons. The van der Waals surface area contributed by atoms with Gasteiger partial charge in [-0.1, -0.05) is 60.7 Å². The molecule has 9 heteroatoms. The average Bonchev–Trinajstić information content (AvgIpc) is 3.09.